The van der Waals surface area contributed by atoms with Crippen LogP contribution in [-0.2, 0) is 17.6 Å². The maximum atomic E-state index is 11.6. The summed E-state index contributed by atoms with van der Waals surface area (Å²) in [5.41, 5.74) is 4.84. The van der Waals surface area contributed by atoms with Crippen LogP contribution < -0.4 is 10.2 Å². The lowest BCUT2D eigenvalue weighted by Crippen LogP contribution is -2.26. The molecule has 2 aromatic carbocycles. The first-order valence-corrected chi connectivity index (χ1v) is 8.02. The molecule has 1 heterocycles. The highest BCUT2D eigenvalue weighted by atomic mass is 16.4. The van der Waals surface area contributed by atoms with Crippen molar-refractivity contribution >= 4 is 28.9 Å². The summed E-state index contributed by atoms with van der Waals surface area (Å²) in [5, 5.41) is 11.3. The molecule has 1 aliphatic rings. The van der Waals surface area contributed by atoms with E-state index in [4.69, 9.17) is 5.11 Å². The molecule has 0 saturated heterocycles. The Bertz CT molecular complexity index is 786. The normalized spacial score (nSPS) is 13.3. The van der Waals surface area contributed by atoms with Crippen LogP contribution in [0.1, 0.15) is 24.5 Å². The molecule has 0 aliphatic carbocycles. The van der Waals surface area contributed by atoms with Gasteiger partial charge < -0.3 is 10.0 Å². The number of Topliss-reactive ketones (excluding diaryl/α,β-unsaturated/α-hetero) is 1. The van der Waals surface area contributed by atoms with E-state index >= 15 is 0 Å². The number of fused-ring (bicyclic) bond motifs is 1. The molecule has 124 valence electrons. The van der Waals surface area contributed by atoms with E-state index in [0.717, 1.165) is 41.9 Å². The largest absolute Gasteiger partial charge is 0.465 e. The molecule has 2 aromatic rings. The number of carboxylic acid groups (broad SMARTS) is 1. The molecule has 0 atom stereocenters. The summed E-state index contributed by atoms with van der Waals surface area (Å²) in [6.45, 7) is 2.48. The lowest BCUT2D eigenvalue weighted by atomic mass is 9.98. The number of hydrogen-bond donors (Lipinski definition) is 2. The SMILES string of the molecule is CC(=O)Cc1ccccc1N1CCCc2cc(NC(=O)O)ccc21. The average molecular weight is 324 g/mol. The van der Waals surface area contributed by atoms with E-state index in [1.54, 1.807) is 13.0 Å². The second kappa shape index (κ2) is 6.74. The van der Waals surface area contributed by atoms with Gasteiger partial charge in [0.2, 0.25) is 0 Å². The van der Waals surface area contributed by atoms with Crippen LogP contribution in [0.3, 0.4) is 0 Å². The fourth-order valence-corrected chi connectivity index (χ4v) is 3.24. The topological polar surface area (TPSA) is 69.6 Å². The van der Waals surface area contributed by atoms with Gasteiger partial charge in [0, 0.05) is 30.0 Å². The van der Waals surface area contributed by atoms with Crippen LogP contribution in [-0.4, -0.2) is 23.5 Å². The number of ketones is 1. The molecule has 1 aliphatic heterocycles. The number of anilines is 3. The summed E-state index contributed by atoms with van der Waals surface area (Å²) in [6.07, 6.45) is 1.25. The molecule has 1 amide bonds. The lowest BCUT2D eigenvalue weighted by molar-refractivity contribution is -0.116. The number of amides is 1. The van der Waals surface area contributed by atoms with E-state index in [-0.39, 0.29) is 5.78 Å². The third-order valence-electron chi connectivity index (χ3n) is 4.17. The predicted octanol–water partition coefficient (Wildman–Crippen LogP) is 3.99. The van der Waals surface area contributed by atoms with E-state index < -0.39 is 6.09 Å². The Morgan fingerprint density at radius 3 is 2.71 bits per heavy atom. The third-order valence-corrected chi connectivity index (χ3v) is 4.17. The van der Waals surface area contributed by atoms with E-state index in [1.165, 1.54) is 0 Å². The minimum atomic E-state index is -1.06. The van der Waals surface area contributed by atoms with E-state index in [2.05, 4.69) is 10.2 Å². The number of para-hydroxylation sites is 1. The van der Waals surface area contributed by atoms with Gasteiger partial charge in [0.15, 0.2) is 0 Å². The molecule has 0 bridgehead atoms. The van der Waals surface area contributed by atoms with Gasteiger partial charge in [-0.25, -0.2) is 4.79 Å². The summed E-state index contributed by atoms with van der Waals surface area (Å²) in [4.78, 5) is 24.6. The molecular weight excluding hydrogens is 304 g/mol. The van der Waals surface area contributed by atoms with E-state index in [0.29, 0.717) is 12.1 Å². The van der Waals surface area contributed by atoms with Crippen LogP contribution in [0.15, 0.2) is 42.5 Å². The van der Waals surface area contributed by atoms with Gasteiger partial charge in [0.05, 0.1) is 0 Å². The molecule has 24 heavy (non-hydrogen) atoms. The molecule has 2 N–H and O–H groups in total. The van der Waals surface area contributed by atoms with Crippen LogP contribution in [0.4, 0.5) is 21.9 Å². The molecule has 0 radical (unpaired) electrons. The summed E-state index contributed by atoms with van der Waals surface area (Å²) >= 11 is 0. The standard InChI is InChI=1S/C19H20N2O3/c1-13(22)11-14-5-2-3-7-17(14)21-10-4-6-15-12-16(20-19(23)24)8-9-18(15)21/h2-3,5,7-9,12,20H,4,6,10-11H2,1H3,(H,23,24). The Hall–Kier alpha value is -2.82. The van der Waals surface area contributed by atoms with Crippen molar-refractivity contribution in [2.75, 3.05) is 16.8 Å². The molecule has 5 nitrogen and oxygen atoms in total. The molecule has 3 rings (SSSR count). The molecular formula is C19H20N2O3. The Morgan fingerprint density at radius 1 is 1.17 bits per heavy atom. The Balaban J connectivity index is 1.98. The van der Waals surface area contributed by atoms with Gasteiger partial charge in [0.1, 0.15) is 5.78 Å². The number of carbonyl (C=O) groups excluding carboxylic acids is 1. The first kappa shape index (κ1) is 16.1. The highest BCUT2D eigenvalue weighted by molar-refractivity contribution is 5.85. The summed E-state index contributed by atoms with van der Waals surface area (Å²) < 4.78 is 0. The number of aryl methyl sites for hydroxylation is 1. The monoisotopic (exact) mass is 324 g/mol. The number of carbonyl (C=O) groups is 2. The molecule has 0 aromatic heterocycles. The van der Waals surface area contributed by atoms with Gasteiger partial charge >= 0.3 is 6.09 Å². The van der Waals surface area contributed by atoms with Crippen molar-refractivity contribution in [3.8, 4) is 0 Å². The maximum Gasteiger partial charge on any atom is 0.409 e. The van der Waals surface area contributed by atoms with E-state index in [9.17, 15) is 9.59 Å². The maximum absolute atomic E-state index is 11.6. The Morgan fingerprint density at radius 2 is 1.96 bits per heavy atom. The predicted molar refractivity (Wildman–Crippen MR) is 94.2 cm³/mol. The van der Waals surface area contributed by atoms with Crippen molar-refractivity contribution in [1.82, 2.24) is 0 Å². The van der Waals surface area contributed by atoms with E-state index in [1.807, 2.05) is 36.4 Å². The van der Waals surface area contributed by atoms with Crippen molar-refractivity contribution in [3.05, 3.63) is 53.6 Å². The zero-order valence-electron chi connectivity index (χ0n) is 13.6. The van der Waals surface area contributed by atoms with Crippen molar-refractivity contribution in [1.29, 1.82) is 0 Å². The first-order chi connectivity index (χ1) is 11.5. The van der Waals surface area contributed by atoms with Gasteiger partial charge in [-0.15, -0.1) is 0 Å². The number of benzene rings is 2. The molecule has 0 unspecified atom stereocenters. The number of nitrogens with one attached hydrogen (secondary N) is 1. The van der Waals surface area contributed by atoms with Crippen molar-refractivity contribution in [3.63, 3.8) is 0 Å². The average Bonchev–Trinajstić information content (AvgIpc) is 2.53. The number of rotatable bonds is 4. The highest BCUT2D eigenvalue weighted by Crippen LogP contribution is 2.36. The van der Waals surface area contributed by atoms with Crippen molar-refractivity contribution < 1.29 is 14.7 Å². The Kier molecular flexibility index (Phi) is 4.51. The smallest absolute Gasteiger partial charge is 0.409 e. The van der Waals surface area contributed by atoms with Gasteiger partial charge in [0.25, 0.3) is 0 Å². The summed E-state index contributed by atoms with van der Waals surface area (Å²) in [6, 6.07) is 13.6. The zero-order chi connectivity index (χ0) is 17.1. The second-order valence-corrected chi connectivity index (χ2v) is 6.04. The molecule has 5 heteroatoms. The quantitative estimate of drug-likeness (QED) is 0.892. The minimum Gasteiger partial charge on any atom is -0.465 e. The number of hydrogen-bond acceptors (Lipinski definition) is 3. The van der Waals surface area contributed by atoms with Gasteiger partial charge in [-0.2, -0.15) is 0 Å². The van der Waals surface area contributed by atoms with Crippen molar-refractivity contribution in [2.24, 2.45) is 0 Å². The lowest BCUT2D eigenvalue weighted by Gasteiger charge is -2.33. The van der Waals surface area contributed by atoms with Crippen LogP contribution in [0.25, 0.3) is 0 Å². The molecule has 0 fully saturated rings. The number of nitrogens with zero attached hydrogens (tertiary/aromatic N) is 1. The fraction of sp³-hybridized carbons (Fsp3) is 0.263. The van der Waals surface area contributed by atoms with Gasteiger partial charge in [-0.1, -0.05) is 18.2 Å². The molecule has 0 spiro atoms. The Labute approximate surface area is 140 Å². The van der Waals surface area contributed by atoms with Crippen molar-refractivity contribution in [2.45, 2.75) is 26.2 Å². The van der Waals surface area contributed by atoms with Crippen LogP contribution in [0.2, 0.25) is 0 Å². The summed E-state index contributed by atoms with van der Waals surface area (Å²) in [7, 11) is 0. The summed E-state index contributed by atoms with van der Waals surface area (Å²) in [5.74, 6) is 0.140. The van der Waals surface area contributed by atoms with Crippen LogP contribution in [0, 0.1) is 0 Å². The third kappa shape index (κ3) is 3.40. The van der Waals surface area contributed by atoms with Crippen LogP contribution >= 0.6 is 0 Å². The fourth-order valence-electron chi connectivity index (χ4n) is 3.24. The minimum absolute atomic E-state index is 0.140. The second-order valence-electron chi connectivity index (χ2n) is 6.04. The first-order valence-electron chi connectivity index (χ1n) is 8.02. The molecule has 0 saturated carbocycles. The highest BCUT2D eigenvalue weighted by Gasteiger charge is 2.21. The van der Waals surface area contributed by atoms with Crippen LogP contribution in [0.5, 0.6) is 0 Å². The zero-order valence-corrected chi connectivity index (χ0v) is 13.6. The van der Waals surface area contributed by atoms with Gasteiger partial charge in [-0.05, 0) is 55.2 Å². The van der Waals surface area contributed by atoms with Gasteiger partial charge in [-0.3, -0.25) is 10.1 Å².